The van der Waals surface area contributed by atoms with E-state index in [9.17, 15) is 75.2 Å². The molecule has 3 rings (SSSR count). The van der Waals surface area contributed by atoms with Gasteiger partial charge in [0.25, 0.3) is 0 Å². The van der Waals surface area contributed by atoms with Gasteiger partial charge in [-0.25, -0.2) is 9.36 Å². The van der Waals surface area contributed by atoms with E-state index < -0.39 is 150 Å². The first-order chi connectivity index (χ1) is 38.4. The van der Waals surface area contributed by atoms with Gasteiger partial charge in [0.1, 0.15) is 92.1 Å². The van der Waals surface area contributed by atoms with Gasteiger partial charge in [-0.1, -0.05) is 180 Å². The van der Waals surface area contributed by atoms with Crippen molar-refractivity contribution in [2.45, 2.75) is 291 Å². The minimum absolute atomic E-state index is 0.0479. The molecule has 16 unspecified atom stereocenters. The van der Waals surface area contributed by atoms with Gasteiger partial charge in [0, 0.05) is 12.5 Å². The molecule has 12 N–H and O–H groups in total. The quantitative estimate of drug-likeness (QED) is 0.0134. The monoisotopic (exact) mass is 1170 g/mol. The Kier molecular flexibility index (Phi) is 37.1. The fraction of sp³-hybridized carbons (Fsp3) is 0.893. The second-order valence-corrected chi connectivity index (χ2v) is 23.0. The Bertz CT molecular complexity index is 1690. The Morgan fingerprint density at radius 3 is 1.32 bits per heavy atom. The van der Waals surface area contributed by atoms with Gasteiger partial charge in [-0.3, -0.25) is 13.8 Å². The third-order valence-electron chi connectivity index (χ3n) is 14.9. The zero-order chi connectivity index (χ0) is 58.9. The molecule has 2 saturated heterocycles. The molecule has 0 aromatic heterocycles. The molecule has 0 aromatic rings. The van der Waals surface area contributed by atoms with E-state index in [1.54, 1.807) is 6.08 Å². The van der Waals surface area contributed by atoms with E-state index in [2.05, 4.69) is 13.8 Å². The van der Waals surface area contributed by atoms with Crippen LogP contribution in [0, 0.1) is 0 Å². The summed E-state index contributed by atoms with van der Waals surface area (Å²) >= 11 is 0. The molecule has 3 fully saturated rings. The lowest BCUT2D eigenvalue weighted by molar-refractivity contribution is -0.360. The molecule has 16 atom stereocenters. The van der Waals surface area contributed by atoms with Crippen molar-refractivity contribution in [2.75, 3.05) is 26.4 Å². The van der Waals surface area contributed by atoms with Crippen LogP contribution >= 0.6 is 7.82 Å². The second-order valence-electron chi connectivity index (χ2n) is 21.6. The molecule has 23 nitrogen and oxygen atoms in total. The number of allylic oxidation sites excluding steroid dienone is 3. The van der Waals surface area contributed by atoms with E-state index >= 15 is 0 Å². The van der Waals surface area contributed by atoms with Gasteiger partial charge < -0.3 is 89.5 Å². The van der Waals surface area contributed by atoms with Gasteiger partial charge in [-0.15, -0.1) is 0 Å². The van der Waals surface area contributed by atoms with Crippen LogP contribution < -0.4 is 0 Å². The Morgan fingerprint density at radius 2 is 0.900 bits per heavy atom. The van der Waals surface area contributed by atoms with Crippen molar-refractivity contribution in [1.82, 2.24) is 0 Å². The van der Waals surface area contributed by atoms with Crippen molar-refractivity contribution in [3.8, 4) is 0 Å². The summed E-state index contributed by atoms with van der Waals surface area (Å²) in [7, 11) is -5.65. The third-order valence-corrected chi connectivity index (χ3v) is 15.9. The van der Waals surface area contributed by atoms with Crippen molar-refractivity contribution < 1.29 is 113 Å². The lowest BCUT2D eigenvalue weighted by Crippen LogP contribution is -2.69. The molecule has 0 spiro atoms. The lowest BCUT2D eigenvalue weighted by atomic mass is 9.84. The molecule has 80 heavy (non-hydrogen) atoms. The summed E-state index contributed by atoms with van der Waals surface area (Å²) in [4.78, 5) is 37.4. The van der Waals surface area contributed by atoms with Crippen molar-refractivity contribution in [3.63, 3.8) is 0 Å². The van der Waals surface area contributed by atoms with Crippen molar-refractivity contribution in [3.05, 3.63) is 24.3 Å². The van der Waals surface area contributed by atoms with Crippen molar-refractivity contribution in [2.24, 2.45) is 0 Å². The number of phosphoric ester groups is 1. The molecular weight excluding hydrogens is 1070 g/mol. The average Bonchev–Trinajstić information content (AvgIpc) is 3.53. The Morgan fingerprint density at radius 1 is 0.500 bits per heavy atom. The lowest BCUT2D eigenvalue weighted by Gasteiger charge is -2.49. The Hall–Kier alpha value is -2.07. The van der Waals surface area contributed by atoms with Gasteiger partial charge in [0.15, 0.2) is 18.7 Å². The number of phosphoric acid groups is 1. The molecule has 0 bridgehead atoms. The summed E-state index contributed by atoms with van der Waals surface area (Å²) < 4.78 is 57.9. The molecule has 2 aliphatic heterocycles. The highest BCUT2D eigenvalue weighted by atomic mass is 31.2. The molecule has 0 aromatic carbocycles. The SMILES string of the molecule is CCCCCCCCCCCCC/C=C/C=C/C(=O)OCC(COP(=O)(O)OC1C(OC2OC(CO)C(O)C(O)C2O)C(O)C(O)C(O)C1OC1OC(CO)C(O)C(O)C1O)OC(=O)CCCCCCCCCCCCCCCC. The maximum absolute atomic E-state index is 14.0. The van der Waals surface area contributed by atoms with Crippen LogP contribution in [0.5, 0.6) is 0 Å². The van der Waals surface area contributed by atoms with E-state index in [1.807, 2.05) is 6.08 Å². The van der Waals surface area contributed by atoms with E-state index in [0.29, 0.717) is 6.42 Å². The van der Waals surface area contributed by atoms with Crippen LogP contribution in [0.1, 0.15) is 187 Å². The fourth-order valence-electron chi connectivity index (χ4n) is 9.92. The summed E-state index contributed by atoms with van der Waals surface area (Å²) in [5.41, 5.74) is 0. The van der Waals surface area contributed by atoms with Gasteiger partial charge in [-0.05, 0) is 19.3 Å². The topological polar surface area (TPSA) is 368 Å². The molecule has 468 valence electrons. The number of esters is 2. The minimum Gasteiger partial charge on any atom is -0.458 e. The number of hydrogen-bond donors (Lipinski definition) is 12. The first-order valence-corrected chi connectivity index (χ1v) is 31.2. The van der Waals surface area contributed by atoms with Crippen LogP contribution in [0.15, 0.2) is 24.3 Å². The summed E-state index contributed by atoms with van der Waals surface area (Å²) in [5, 5.41) is 117. The highest BCUT2D eigenvalue weighted by molar-refractivity contribution is 7.47. The molecule has 0 amide bonds. The molecule has 24 heteroatoms. The fourth-order valence-corrected chi connectivity index (χ4v) is 10.9. The summed E-state index contributed by atoms with van der Waals surface area (Å²) in [6.07, 6.45) is 0.838. The molecule has 1 saturated carbocycles. The van der Waals surface area contributed by atoms with Crippen LogP contribution in [0.2, 0.25) is 0 Å². The van der Waals surface area contributed by atoms with Crippen LogP contribution in [0.25, 0.3) is 0 Å². The van der Waals surface area contributed by atoms with Crippen LogP contribution in [0.4, 0.5) is 0 Å². The molecule has 1 aliphatic carbocycles. The van der Waals surface area contributed by atoms with Crippen LogP contribution in [-0.4, -0.2) is 204 Å². The largest absolute Gasteiger partial charge is 0.472 e. The summed E-state index contributed by atoms with van der Waals surface area (Å²) in [6.45, 7) is 0.896. The predicted molar refractivity (Wildman–Crippen MR) is 291 cm³/mol. The average molecular weight is 1170 g/mol. The maximum atomic E-state index is 14.0. The minimum atomic E-state index is -5.65. The van der Waals surface area contributed by atoms with Crippen LogP contribution in [-0.2, 0) is 51.6 Å². The van der Waals surface area contributed by atoms with Gasteiger partial charge in [0.05, 0.1) is 19.8 Å². The third kappa shape index (κ3) is 26.5. The Labute approximate surface area is 473 Å². The van der Waals surface area contributed by atoms with Crippen LogP contribution in [0.3, 0.4) is 0 Å². The zero-order valence-electron chi connectivity index (χ0n) is 47.3. The molecule has 2 heterocycles. The number of hydrogen-bond acceptors (Lipinski definition) is 22. The first-order valence-electron chi connectivity index (χ1n) is 29.7. The van der Waals surface area contributed by atoms with Gasteiger partial charge in [-0.2, -0.15) is 0 Å². The van der Waals surface area contributed by atoms with Crippen molar-refractivity contribution >= 4 is 19.8 Å². The number of carbonyl (C=O) groups excluding carboxylic acids is 2. The maximum Gasteiger partial charge on any atom is 0.472 e. The van der Waals surface area contributed by atoms with Crippen molar-refractivity contribution in [1.29, 1.82) is 0 Å². The normalized spacial score (nSPS) is 31.4. The first kappa shape index (κ1) is 72.2. The van der Waals surface area contributed by atoms with E-state index in [4.69, 9.17) is 37.5 Å². The Balaban J connectivity index is 1.72. The summed E-state index contributed by atoms with van der Waals surface area (Å²) in [6, 6.07) is 0. The number of rotatable bonds is 43. The second kappa shape index (κ2) is 41.1. The highest BCUT2D eigenvalue weighted by Crippen LogP contribution is 2.49. The smallest absolute Gasteiger partial charge is 0.458 e. The zero-order valence-corrected chi connectivity index (χ0v) is 48.2. The predicted octanol–water partition coefficient (Wildman–Crippen LogP) is 4.10. The highest BCUT2D eigenvalue weighted by Gasteiger charge is 2.58. The number of unbranched alkanes of at least 4 members (excludes halogenated alkanes) is 24. The number of carbonyl (C=O) groups is 2. The number of aliphatic hydroxyl groups excluding tert-OH is 11. The standard InChI is InChI=1S/C56H101O23P/c1-3-5-7-9-11-13-15-17-19-21-22-24-26-28-30-32-41(59)72-36-38(74-42(60)33-31-29-27-25-23-20-18-16-14-12-10-8-6-4-2)37-73-80(70,71)79-54-52(77-55-50(68)45(63)43(61)39(34-57)75-55)48(66)47(65)49(67)53(54)78-56-51(69)46(64)44(62)40(35-58)76-56/h26,28,30,32,38-40,43-58,61-69H,3-25,27,29,31,33-37H2,1-2H3,(H,70,71)/b28-26+,32-30+. The van der Waals surface area contributed by atoms with Gasteiger partial charge >= 0.3 is 19.8 Å². The number of ether oxygens (including phenoxy) is 6. The van der Waals surface area contributed by atoms with E-state index in [-0.39, 0.29) is 6.42 Å². The van der Waals surface area contributed by atoms with Gasteiger partial charge in [0.2, 0.25) is 0 Å². The molecule has 0 radical (unpaired) electrons. The molecule has 3 aliphatic rings. The number of aliphatic hydroxyl groups is 11. The summed E-state index contributed by atoms with van der Waals surface area (Å²) in [5.74, 6) is -1.58. The van der Waals surface area contributed by atoms with E-state index in [1.165, 1.54) is 109 Å². The van der Waals surface area contributed by atoms with E-state index in [0.717, 1.165) is 63.9 Å². The molecular formula is C56H101O23P.